The highest BCUT2D eigenvalue weighted by atomic mass is 32.2. The van der Waals surface area contributed by atoms with Gasteiger partial charge in [-0.05, 0) is 24.3 Å². The number of furan rings is 1. The van der Waals surface area contributed by atoms with E-state index in [2.05, 4.69) is 4.98 Å². The van der Waals surface area contributed by atoms with Gasteiger partial charge >= 0.3 is 0 Å². The predicted octanol–water partition coefficient (Wildman–Crippen LogP) is 4.27. The van der Waals surface area contributed by atoms with Gasteiger partial charge in [0, 0.05) is 51.4 Å². The van der Waals surface area contributed by atoms with Crippen LogP contribution in [0.1, 0.15) is 29.2 Å². The molecule has 2 aromatic heterocycles. The summed E-state index contributed by atoms with van der Waals surface area (Å²) >= 11 is 1.53. The number of hydrogen-bond acceptors (Lipinski definition) is 5. The Morgan fingerprint density at radius 2 is 2.07 bits per heavy atom. The van der Waals surface area contributed by atoms with E-state index in [1.165, 1.54) is 17.8 Å². The highest BCUT2D eigenvalue weighted by Gasteiger charge is 2.27. The van der Waals surface area contributed by atoms with Crippen molar-refractivity contribution in [1.29, 1.82) is 0 Å². The van der Waals surface area contributed by atoms with Crippen molar-refractivity contribution in [2.24, 2.45) is 7.05 Å². The first-order valence-corrected chi connectivity index (χ1v) is 10.6. The van der Waals surface area contributed by atoms with Gasteiger partial charge in [-0.1, -0.05) is 11.8 Å². The standard InChI is InChI=1S/C21H21F2N3O3S/c1-25-11-8-24-21(25)30-13-16-3-5-19(29-16)20(27)26-9-6-15(7-10-26)28-18-4-2-14(22)12-17(18)23/h2-5,8,11-12,15H,6-7,9-10,13H2,1H3. The van der Waals surface area contributed by atoms with Gasteiger partial charge in [-0.25, -0.2) is 13.8 Å². The summed E-state index contributed by atoms with van der Waals surface area (Å²) in [5.74, 6) is 0.0796. The summed E-state index contributed by atoms with van der Waals surface area (Å²) in [5.41, 5.74) is 0. The van der Waals surface area contributed by atoms with E-state index in [-0.39, 0.29) is 17.8 Å². The Bertz CT molecular complexity index is 1030. The third kappa shape index (κ3) is 4.67. The lowest BCUT2D eigenvalue weighted by atomic mass is 10.1. The fourth-order valence-electron chi connectivity index (χ4n) is 3.28. The van der Waals surface area contributed by atoms with E-state index in [0.29, 0.717) is 43.2 Å². The molecule has 30 heavy (non-hydrogen) atoms. The second-order valence-corrected chi connectivity index (χ2v) is 8.00. The second kappa shape index (κ2) is 8.91. The molecule has 3 aromatic rings. The first-order valence-electron chi connectivity index (χ1n) is 9.59. The molecule has 0 spiro atoms. The van der Waals surface area contributed by atoms with Crippen LogP contribution >= 0.6 is 11.8 Å². The van der Waals surface area contributed by atoms with Crippen LogP contribution in [-0.4, -0.2) is 39.6 Å². The fourth-order valence-corrected chi connectivity index (χ4v) is 4.11. The predicted molar refractivity (Wildman–Crippen MR) is 107 cm³/mol. The number of aromatic nitrogens is 2. The molecule has 3 heterocycles. The SMILES string of the molecule is Cn1ccnc1SCc1ccc(C(=O)N2CCC(Oc3ccc(F)cc3F)CC2)o1. The Balaban J connectivity index is 1.29. The van der Waals surface area contributed by atoms with E-state index in [4.69, 9.17) is 9.15 Å². The van der Waals surface area contributed by atoms with Gasteiger partial charge in [0.25, 0.3) is 5.91 Å². The van der Waals surface area contributed by atoms with E-state index in [1.54, 1.807) is 23.2 Å². The molecule has 1 fully saturated rings. The molecule has 1 aromatic carbocycles. The smallest absolute Gasteiger partial charge is 0.289 e. The minimum Gasteiger partial charge on any atom is -0.487 e. The number of amides is 1. The maximum atomic E-state index is 13.8. The van der Waals surface area contributed by atoms with Gasteiger partial charge in [-0.2, -0.15) is 0 Å². The van der Waals surface area contributed by atoms with Crippen LogP contribution in [-0.2, 0) is 12.8 Å². The molecule has 0 aliphatic carbocycles. The van der Waals surface area contributed by atoms with E-state index in [0.717, 1.165) is 17.3 Å². The number of hydrogen-bond donors (Lipinski definition) is 0. The number of carbonyl (C=O) groups excluding carboxylic acids is 1. The largest absolute Gasteiger partial charge is 0.487 e. The number of nitrogens with zero attached hydrogens (tertiary/aromatic N) is 3. The van der Waals surface area contributed by atoms with Gasteiger partial charge < -0.3 is 18.6 Å². The zero-order valence-electron chi connectivity index (χ0n) is 16.4. The van der Waals surface area contributed by atoms with Gasteiger partial charge in [0.1, 0.15) is 17.7 Å². The molecular weight excluding hydrogens is 412 g/mol. The van der Waals surface area contributed by atoms with Crippen LogP contribution in [0.4, 0.5) is 8.78 Å². The Hall–Kier alpha value is -2.81. The van der Waals surface area contributed by atoms with Crippen LogP contribution < -0.4 is 4.74 Å². The van der Waals surface area contributed by atoms with Crippen molar-refractivity contribution < 1.29 is 22.7 Å². The summed E-state index contributed by atoms with van der Waals surface area (Å²) in [6.45, 7) is 0.953. The molecule has 0 radical (unpaired) electrons. The fraction of sp³-hybridized carbons (Fsp3) is 0.333. The topological polar surface area (TPSA) is 60.5 Å². The molecule has 0 atom stereocenters. The molecule has 1 saturated heterocycles. The summed E-state index contributed by atoms with van der Waals surface area (Å²) < 4.78 is 40.1. The van der Waals surface area contributed by atoms with Crippen LogP contribution in [0.2, 0.25) is 0 Å². The summed E-state index contributed by atoms with van der Waals surface area (Å²) in [4.78, 5) is 18.7. The number of ether oxygens (including phenoxy) is 1. The van der Waals surface area contributed by atoms with Gasteiger partial charge in [0.2, 0.25) is 0 Å². The van der Waals surface area contributed by atoms with Crippen LogP contribution in [0.25, 0.3) is 0 Å². The number of halogens is 2. The molecule has 158 valence electrons. The van der Waals surface area contributed by atoms with Crippen molar-refractivity contribution in [3.63, 3.8) is 0 Å². The number of thioether (sulfide) groups is 1. The number of benzene rings is 1. The van der Waals surface area contributed by atoms with Crippen LogP contribution in [0, 0.1) is 11.6 Å². The molecule has 1 aliphatic heterocycles. The zero-order chi connectivity index (χ0) is 21.1. The van der Waals surface area contributed by atoms with Gasteiger partial charge in [0.15, 0.2) is 22.5 Å². The van der Waals surface area contributed by atoms with Crippen molar-refractivity contribution in [3.8, 4) is 5.75 Å². The third-order valence-electron chi connectivity index (χ3n) is 4.91. The van der Waals surface area contributed by atoms with Crippen molar-refractivity contribution in [1.82, 2.24) is 14.5 Å². The summed E-state index contributed by atoms with van der Waals surface area (Å²) in [5, 5.41) is 0.874. The van der Waals surface area contributed by atoms with E-state index >= 15 is 0 Å². The zero-order valence-corrected chi connectivity index (χ0v) is 17.2. The molecule has 9 heteroatoms. The van der Waals surface area contributed by atoms with Crippen molar-refractivity contribution in [3.05, 3.63) is 65.9 Å². The van der Waals surface area contributed by atoms with Gasteiger partial charge in [-0.3, -0.25) is 4.79 Å². The summed E-state index contributed by atoms with van der Waals surface area (Å²) in [6.07, 6.45) is 4.50. The quantitative estimate of drug-likeness (QED) is 0.544. The highest BCUT2D eigenvalue weighted by molar-refractivity contribution is 7.98. The van der Waals surface area contributed by atoms with Gasteiger partial charge in [0.05, 0.1) is 5.75 Å². The van der Waals surface area contributed by atoms with Crippen molar-refractivity contribution in [2.45, 2.75) is 29.9 Å². The molecule has 0 saturated carbocycles. The maximum absolute atomic E-state index is 13.8. The average molecular weight is 433 g/mol. The van der Waals surface area contributed by atoms with E-state index in [9.17, 15) is 13.6 Å². The number of carbonyl (C=O) groups is 1. The van der Waals surface area contributed by atoms with Crippen molar-refractivity contribution in [2.75, 3.05) is 13.1 Å². The molecule has 6 nitrogen and oxygen atoms in total. The Labute approximate surface area is 176 Å². The second-order valence-electron chi connectivity index (χ2n) is 7.06. The first-order chi connectivity index (χ1) is 14.5. The van der Waals surface area contributed by atoms with Crippen molar-refractivity contribution >= 4 is 17.7 Å². The average Bonchev–Trinajstić information content (AvgIpc) is 3.37. The summed E-state index contributed by atoms with van der Waals surface area (Å²) in [7, 11) is 1.92. The number of imidazole rings is 1. The molecule has 0 bridgehead atoms. The normalized spacial score (nSPS) is 14.8. The Kier molecular flexibility index (Phi) is 6.08. The number of rotatable bonds is 6. The molecule has 1 amide bonds. The minimum atomic E-state index is -0.722. The monoisotopic (exact) mass is 433 g/mol. The van der Waals surface area contributed by atoms with Crippen LogP contribution in [0.3, 0.4) is 0 Å². The van der Waals surface area contributed by atoms with Gasteiger partial charge in [-0.15, -0.1) is 0 Å². The highest BCUT2D eigenvalue weighted by Crippen LogP contribution is 2.25. The lowest BCUT2D eigenvalue weighted by Crippen LogP contribution is -2.41. The first kappa shape index (κ1) is 20.5. The number of aryl methyl sites for hydroxylation is 1. The molecule has 1 aliphatic rings. The lowest BCUT2D eigenvalue weighted by Gasteiger charge is -2.31. The van der Waals surface area contributed by atoms with Crippen LogP contribution in [0.5, 0.6) is 5.75 Å². The molecular formula is C21H21F2N3O3S. The minimum absolute atomic E-state index is 0.0297. The Morgan fingerprint density at radius 3 is 2.77 bits per heavy atom. The lowest BCUT2D eigenvalue weighted by molar-refractivity contribution is 0.0558. The Morgan fingerprint density at radius 1 is 1.27 bits per heavy atom. The summed E-state index contributed by atoms with van der Waals surface area (Å²) in [6, 6.07) is 6.74. The molecule has 0 N–H and O–H groups in total. The third-order valence-corrected chi connectivity index (χ3v) is 5.99. The van der Waals surface area contributed by atoms with E-state index < -0.39 is 11.6 Å². The molecule has 4 rings (SSSR count). The number of likely N-dealkylation sites (tertiary alicyclic amines) is 1. The van der Waals surface area contributed by atoms with Crippen LogP contribution in [0.15, 0.2) is 52.3 Å². The van der Waals surface area contributed by atoms with E-state index in [1.807, 2.05) is 17.8 Å². The number of piperidine rings is 1. The molecule has 0 unspecified atom stereocenters. The maximum Gasteiger partial charge on any atom is 0.289 e.